The van der Waals surface area contributed by atoms with Crippen molar-refractivity contribution in [3.05, 3.63) is 223 Å². The Balaban J connectivity index is 1.13. The number of fused-ring (bicyclic) bond motifs is 8. The Bertz CT molecular complexity index is 3180. The van der Waals surface area contributed by atoms with Crippen LogP contribution < -0.4 is 4.74 Å². The summed E-state index contributed by atoms with van der Waals surface area (Å²) in [6.07, 6.45) is 4.41. The predicted molar refractivity (Wildman–Crippen MR) is 251 cm³/mol. The highest BCUT2D eigenvalue weighted by Crippen LogP contribution is 2.45. The molecule has 0 atom stereocenters. The van der Waals surface area contributed by atoms with Gasteiger partial charge in [-0.25, -0.2) is 15.0 Å². The van der Waals surface area contributed by atoms with Gasteiger partial charge in [0.15, 0.2) is 17.5 Å². The normalized spacial score (nSPS) is 12.2. The van der Waals surface area contributed by atoms with Gasteiger partial charge in [-0.2, -0.15) is 0 Å². The quantitative estimate of drug-likeness (QED) is 0.175. The second-order valence-corrected chi connectivity index (χ2v) is 15.2. The first kappa shape index (κ1) is 35.9. The average molecular weight is 780 g/mol. The zero-order chi connectivity index (χ0) is 40.5. The number of ether oxygens (including phenoxy) is 1. The van der Waals surface area contributed by atoms with E-state index in [2.05, 4.69) is 206 Å². The molecule has 0 unspecified atom stereocenters. The molecule has 0 aliphatic carbocycles. The van der Waals surface area contributed by atoms with Crippen molar-refractivity contribution >= 4 is 22.9 Å². The predicted octanol–water partition coefficient (Wildman–Crippen LogP) is 15.0. The van der Waals surface area contributed by atoms with Gasteiger partial charge in [0.2, 0.25) is 0 Å². The molecule has 10 aromatic rings. The van der Waals surface area contributed by atoms with Gasteiger partial charge < -0.3 is 4.74 Å². The van der Waals surface area contributed by atoms with Gasteiger partial charge in [-0.3, -0.25) is 0 Å². The maximum absolute atomic E-state index is 7.13. The van der Waals surface area contributed by atoms with E-state index in [0.717, 1.165) is 94.6 Å². The Morgan fingerprint density at radius 2 is 0.803 bits per heavy atom. The van der Waals surface area contributed by atoms with E-state index in [4.69, 9.17) is 19.7 Å². The third-order valence-corrected chi connectivity index (χ3v) is 11.4. The second-order valence-electron chi connectivity index (χ2n) is 15.2. The smallest absolute Gasteiger partial charge is 0.164 e. The van der Waals surface area contributed by atoms with Gasteiger partial charge in [-0.05, 0) is 80.2 Å². The number of aromatic nitrogens is 3. The Kier molecular flexibility index (Phi) is 9.14. The molecule has 0 amide bonds. The van der Waals surface area contributed by atoms with E-state index in [1.165, 1.54) is 0 Å². The highest BCUT2D eigenvalue weighted by atomic mass is 16.5. The van der Waals surface area contributed by atoms with Crippen LogP contribution in [0.5, 0.6) is 11.5 Å². The van der Waals surface area contributed by atoms with Crippen molar-refractivity contribution in [2.45, 2.75) is 0 Å². The van der Waals surface area contributed by atoms with E-state index in [-0.39, 0.29) is 0 Å². The number of benzene rings is 9. The summed E-state index contributed by atoms with van der Waals surface area (Å²) >= 11 is 0. The standard InChI is InChI=1S/C57H37N3O/c1-3-15-38(16-4-1)43-21-13-23-45(35-43)55-58-56(46-24-14-22-44(36-46)39-17-5-2-6-18-39)60-57(59-55)47-32-31-42-30-29-40-19-7-9-25-48(40)50-27-11-12-28-53(50)61-54-49-26-10-8-20-41(49)33-34-51(54)52(42)37-47/h1-37H/b30-29-. The first-order valence-electron chi connectivity index (χ1n) is 20.5. The third-order valence-electron chi connectivity index (χ3n) is 11.4. The minimum absolute atomic E-state index is 0.579. The van der Waals surface area contributed by atoms with Crippen molar-refractivity contribution in [1.82, 2.24) is 15.0 Å². The Morgan fingerprint density at radius 1 is 0.295 bits per heavy atom. The highest BCUT2D eigenvalue weighted by molar-refractivity contribution is 5.99. The molecule has 4 heteroatoms. The van der Waals surface area contributed by atoms with E-state index in [0.29, 0.717) is 17.5 Å². The summed E-state index contributed by atoms with van der Waals surface area (Å²) in [6, 6.07) is 73.7. The SMILES string of the molecule is C1=C\c2ccc(-c3nc(-c4cccc(-c5ccccc5)c4)nc(-c4cccc(-c5ccccc5)c4)n3)cc2-c2ccc3ccccc3c2Oc2ccccc2-c2ccccc2/1. The lowest BCUT2D eigenvalue weighted by Gasteiger charge is -2.18. The fourth-order valence-corrected chi connectivity index (χ4v) is 8.29. The lowest BCUT2D eigenvalue weighted by molar-refractivity contribution is 0.492. The van der Waals surface area contributed by atoms with Gasteiger partial charge >= 0.3 is 0 Å². The molecule has 0 radical (unpaired) electrons. The molecule has 61 heavy (non-hydrogen) atoms. The lowest BCUT2D eigenvalue weighted by Crippen LogP contribution is -2.01. The van der Waals surface area contributed by atoms with Crippen molar-refractivity contribution in [3.63, 3.8) is 0 Å². The molecule has 0 fully saturated rings. The maximum atomic E-state index is 7.13. The van der Waals surface area contributed by atoms with Crippen LogP contribution in [0, 0.1) is 0 Å². The van der Waals surface area contributed by atoms with Gasteiger partial charge in [0.05, 0.1) is 0 Å². The Morgan fingerprint density at radius 3 is 1.48 bits per heavy atom. The topological polar surface area (TPSA) is 47.9 Å². The van der Waals surface area contributed by atoms with E-state index in [1.807, 2.05) is 18.2 Å². The molecule has 0 spiro atoms. The molecule has 0 saturated heterocycles. The fraction of sp³-hybridized carbons (Fsp3) is 0. The first-order valence-corrected chi connectivity index (χ1v) is 20.5. The summed E-state index contributed by atoms with van der Waals surface area (Å²) in [7, 11) is 0. The molecule has 11 rings (SSSR count). The summed E-state index contributed by atoms with van der Waals surface area (Å²) in [5.74, 6) is 3.37. The van der Waals surface area contributed by atoms with Crippen LogP contribution in [0.1, 0.15) is 11.1 Å². The second kappa shape index (κ2) is 15.5. The summed E-state index contributed by atoms with van der Waals surface area (Å²) in [6.45, 7) is 0. The van der Waals surface area contributed by atoms with Crippen molar-refractivity contribution in [1.29, 1.82) is 0 Å². The van der Waals surface area contributed by atoms with Crippen LogP contribution in [-0.4, -0.2) is 15.0 Å². The molecule has 0 saturated carbocycles. The van der Waals surface area contributed by atoms with Crippen molar-refractivity contribution < 1.29 is 4.74 Å². The molecule has 1 aliphatic rings. The van der Waals surface area contributed by atoms with Gasteiger partial charge in [-0.1, -0.05) is 194 Å². The first-order chi connectivity index (χ1) is 30.2. The number of rotatable bonds is 5. The summed E-state index contributed by atoms with van der Waals surface area (Å²) in [5, 5.41) is 2.13. The molecule has 4 nitrogen and oxygen atoms in total. The largest absolute Gasteiger partial charge is 0.455 e. The highest BCUT2D eigenvalue weighted by Gasteiger charge is 2.21. The number of hydrogen-bond donors (Lipinski definition) is 0. The average Bonchev–Trinajstić information content (AvgIpc) is 3.36. The zero-order valence-corrected chi connectivity index (χ0v) is 33.1. The zero-order valence-electron chi connectivity index (χ0n) is 33.1. The maximum Gasteiger partial charge on any atom is 0.164 e. The van der Waals surface area contributed by atoms with Gasteiger partial charge in [-0.15, -0.1) is 0 Å². The van der Waals surface area contributed by atoms with Crippen LogP contribution >= 0.6 is 0 Å². The van der Waals surface area contributed by atoms with Crippen LogP contribution in [-0.2, 0) is 0 Å². The molecule has 1 aromatic heterocycles. The minimum Gasteiger partial charge on any atom is -0.455 e. The molecule has 2 heterocycles. The van der Waals surface area contributed by atoms with Crippen molar-refractivity contribution in [2.75, 3.05) is 0 Å². The van der Waals surface area contributed by atoms with Crippen LogP contribution in [0.3, 0.4) is 0 Å². The van der Waals surface area contributed by atoms with Gasteiger partial charge in [0, 0.05) is 33.2 Å². The molecule has 9 aromatic carbocycles. The molecule has 1 aliphatic heterocycles. The number of para-hydroxylation sites is 1. The Hall–Kier alpha value is -8.21. The van der Waals surface area contributed by atoms with Gasteiger partial charge in [0.1, 0.15) is 11.5 Å². The summed E-state index contributed by atoms with van der Waals surface area (Å²) < 4.78 is 7.13. The molecule has 286 valence electrons. The van der Waals surface area contributed by atoms with Crippen molar-refractivity contribution in [2.24, 2.45) is 0 Å². The van der Waals surface area contributed by atoms with Gasteiger partial charge in [0.25, 0.3) is 0 Å². The number of nitrogens with zero attached hydrogens (tertiary/aromatic N) is 3. The lowest BCUT2D eigenvalue weighted by atomic mass is 9.93. The minimum atomic E-state index is 0.579. The third kappa shape index (κ3) is 6.96. The molecular weight excluding hydrogens is 743 g/mol. The number of hydrogen-bond acceptors (Lipinski definition) is 4. The van der Waals surface area contributed by atoms with Crippen LogP contribution in [0.4, 0.5) is 0 Å². The molecular formula is C57H37N3O. The molecule has 0 bridgehead atoms. The van der Waals surface area contributed by atoms with E-state index < -0.39 is 0 Å². The molecule has 0 N–H and O–H groups in total. The van der Waals surface area contributed by atoms with Crippen molar-refractivity contribution in [3.8, 4) is 90.2 Å². The van der Waals surface area contributed by atoms with E-state index >= 15 is 0 Å². The van der Waals surface area contributed by atoms with E-state index in [1.54, 1.807) is 0 Å². The Labute approximate surface area is 354 Å². The fourth-order valence-electron chi connectivity index (χ4n) is 8.29. The van der Waals surface area contributed by atoms with E-state index in [9.17, 15) is 0 Å². The monoisotopic (exact) mass is 779 g/mol. The van der Waals surface area contributed by atoms with Crippen LogP contribution in [0.2, 0.25) is 0 Å². The van der Waals surface area contributed by atoms with Crippen LogP contribution in [0.15, 0.2) is 212 Å². The summed E-state index contributed by atoms with van der Waals surface area (Å²) in [4.78, 5) is 15.7. The van der Waals surface area contributed by atoms with Crippen LogP contribution in [0.25, 0.3) is 102 Å². The summed E-state index contributed by atoms with van der Waals surface area (Å²) in [5.41, 5.74) is 13.4.